The van der Waals surface area contributed by atoms with E-state index in [1.54, 1.807) is 17.8 Å². The Labute approximate surface area is 121 Å². The van der Waals surface area contributed by atoms with Crippen LogP contribution in [0.2, 0.25) is 0 Å². The zero-order valence-electron chi connectivity index (χ0n) is 11.3. The summed E-state index contributed by atoms with van der Waals surface area (Å²) in [7, 11) is 0. The van der Waals surface area contributed by atoms with Crippen molar-refractivity contribution in [3.05, 3.63) is 29.1 Å². The molecule has 0 aliphatic rings. The van der Waals surface area contributed by atoms with Crippen molar-refractivity contribution in [2.45, 2.75) is 19.8 Å². The molecule has 0 aliphatic carbocycles. The molecule has 1 rings (SSSR count). The summed E-state index contributed by atoms with van der Waals surface area (Å²) in [4.78, 5) is 22.4. The Morgan fingerprint density at radius 2 is 1.36 bits per heavy atom. The third kappa shape index (κ3) is 4.06. The maximum Gasteiger partial charge on any atom is 0.257 e. The van der Waals surface area contributed by atoms with Crippen LogP contribution in [-0.2, 0) is 9.59 Å². The van der Waals surface area contributed by atoms with Gasteiger partial charge in [-0.15, -0.1) is 0 Å². The first-order valence-corrected chi connectivity index (χ1v) is 6.12. The standard InChI is InChI=1S/C12H12F5N3O2/c1-2-3-5(21)18-4-6(22)19-20-12-10(16)8(14)7(13)9(15)11(12)17/h20H,2-4H2,1H3,(H,18,21)(H,19,22). The molecule has 0 aliphatic heterocycles. The Morgan fingerprint density at radius 3 is 1.86 bits per heavy atom. The molecule has 1 aromatic rings. The summed E-state index contributed by atoms with van der Waals surface area (Å²) in [5, 5.41) is 2.19. The highest BCUT2D eigenvalue weighted by Crippen LogP contribution is 2.26. The van der Waals surface area contributed by atoms with Crippen LogP contribution in [0, 0.1) is 29.1 Å². The molecule has 0 atom stereocenters. The van der Waals surface area contributed by atoms with Crippen molar-refractivity contribution in [3.8, 4) is 0 Å². The van der Waals surface area contributed by atoms with Crippen molar-refractivity contribution >= 4 is 17.5 Å². The van der Waals surface area contributed by atoms with Gasteiger partial charge in [0.2, 0.25) is 11.7 Å². The van der Waals surface area contributed by atoms with Gasteiger partial charge in [0.05, 0.1) is 6.54 Å². The van der Waals surface area contributed by atoms with Gasteiger partial charge in [-0.2, -0.15) is 0 Å². The van der Waals surface area contributed by atoms with Gasteiger partial charge >= 0.3 is 0 Å². The summed E-state index contributed by atoms with van der Waals surface area (Å²) in [5.41, 5.74) is 1.91. The van der Waals surface area contributed by atoms with Crippen molar-refractivity contribution in [3.63, 3.8) is 0 Å². The lowest BCUT2D eigenvalue weighted by molar-refractivity contribution is -0.125. The first-order chi connectivity index (χ1) is 10.3. The number of anilines is 1. The number of hydrazine groups is 1. The highest BCUT2D eigenvalue weighted by atomic mass is 19.2. The van der Waals surface area contributed by atoms with E-state index in [0.717, 1.165) is 0 Å². The molecule has 10 heteroatoms. The van der Waals surface area contributed by atoms with Crippen LogP contribution < -0.4 is 16.2 Å². The van der Waals surface area contributed by atoms with Crippen molar-refractivity contribution in [1.82, 2.24) is 10.7 Å². The van der Waals surface area contributed by atoms with Crippen LogP contribution in [0.1, 0.15) is 19.8 Å². The smallest absolute Gasteiger partial charge is 0.257 e. The zero-order chi connectivity index (χ0) is 16.9. The first kappa shape index (κ1) is 17.7. The molecule has 0 heterocycles. The molecular weight excluding hydrogens is 313 g/mol. The van der Waals surface area contributed by atoms with E-state index in [-0.39, 0.29) is 6.42 Å². The van der Waals surface area contributed by atoms with Crippen LogP contribution in [0.25, 0.3) is 0 Å². The van der Waals surface area contributed by atoms with Gasteiger partial charge in [-0.3, -0.25) is 20.4 Å². The van der Waals surface area contributed by atoms with E-state index < -0.39 is 53.1 Å². The average molecular weight is 325 g/mol. The number of benzene rings is 1. The minimum absolute atomic E-state index is 0.179. The van der Waals surface area contributed by atoms with Crippen LogP contribution in [0.3, 0.4) is 0 Å². The van der Waals surface area contributed by atoms with Crippen molar-refractivity contribution < 1.29 is 31.5 Å². The Hall–Kier alpha value is -2.39. The van der Waals surface area contributed by atoms with Gasteiger partial charge in [0.25, 0.3) is 5.91 Å². The summed E-state index contributed by atoms with van der Waals surface area (Å²) in [6, 6.07) is 0. The molecule has 22 heavy (non-hydrogen) atoms. The van der Waals surface area contributed by atoms with Gasteiger partial charge in [0.15, 0.2) is 23.3 Å². The fourth-order valence-electron chi connectivity index (χ4n) is 1.39. The molecule has 5 nitrogen and oxygen atoms in total. The number of rotatable bonds is 6. The lowest BCUT2D eigenvalue weighted by Crippen LogP contribution is -2.40. The largest absolute Gasteiger partial charge is 0.347 e. The van der Waals surface area contributed by atoms with Gasteiger partial charge in [0.1, 0.15) is 5.69 Å². The summed E-state index contributed by atoms with van der Waals surface area (Å²) < 4.78 is 65.1. The number of carbonyl (C=O) groups excluding carboxylic acids is 2. The topological polar surface area (TPSA) is 70.2 Å². The average Bonchev–Trinajstić information content (AvgIpc) is 2.49. The predicted octanol–water partition coefficient (Wildman–Crippen LogP) is 1.74. The monoisotopic (exact) mass is 325 g/mol. The van der Waals surface area contributed by atoms with Crippen LogP contribution in [0.5, 0.6) is 0 Å². The Morgan fingerprint density at radius 1 is 0.864 bits per heavy atom. The maximum absolute atomic E-state index is 13.3. The number of halogens is 5. The van der Waals surface area contributed by atoms with Crippen LogP contribution >= 0.6 is 0 Å². The second-order valence-electron chi connectivity index (χ2n) is 4.14. The number of nitrogens with one attached hydrogen (secondary N) is 3. The highest BCUT2D eigenvalue weighted by Gasteiger charge is 2.25. The first-order valence-electron chi connectivity index (χ1n) is 6.12. The Bertz CT molecular complexity index is 566. The second-order valence-corrected chi connectivity index (χ2v) is 4.14. The predicted molar refractivity (Wildman–Crippen MR) is 65.9 cm³/mol. The van der Waals surface area contributed by atoms with E-state index in [2.05, 4.69) is 5.32 Å². The Kier molecular flexibility index (Phi) is 6.08. The molecule has 0 unspecified atom stereocenters. The lowest BCUT2D eigenvalue weighted by Gasteiger charge is -2.12. The van der Waals surface area contributed by atoms with Gasteiger partial charge in [-0.05, 0) is 6.42 Å². The van der Waals surface area contributed by atoms with Crippen molar-refractivity contribution in [2.75, 3.05) is 12.0 Å². The number of amides is 2. The SMILES string of the molecule is CCCC(=O)NCC(=O)NNc1c(F)c(F)c(F)c(F)c1F. The van der Waals surface area contributed by atoms with E-state index in [4.69, 9.17) is 0 Å². The van der Waals surface area contributed by atoms with E-state index in [9.17, 15) is 31.5 Å². The Balaban J connectivity index is 2.69. The van der Waals surface area contributed by atoms with E-state index in [0.29, 0.717) is 6.42 Å². The fraction of sp³-hybridized carbons (Fsp3) is 0.333. The van der Waals surface area contributed by atoms with Gasteiger partial charge in [-0.25, -0.2) is 22.0 Å². The van der Waals surface area contributed by atoms with E-state index in [1.807, 2.05) is 0 Å². The number of hydrogen-bond donors (Lipinski definition) is 3. The number of carbonyl (C=O) groups is 2. The molecule has 0 saturated heterocycles. The number of hydrogen-bond acceptors (Lipinski definition) is 3. The van der Waals surface area contributed by atoms with Crippen LogP contribution in [0.15, 0.2) is 0 Å². The maximum atomic E-state index is 13.3. The van der Waals surface area contributed by atoms with Crippen LogP contribution in [-0.4, -0.2) is 18.4 Å². The summed E-state index contributed by atoms with van der Waals surface area (Å²) in [6.45, 7) is 1.21. The van der Waals surface area contributed by atoms with E-state index >= 15 is 0 Å². The van der Waals surface area contributed by atoms with Crippen molar-refractivity contribution in [1.29, 1.82) is 0 Å². The van der Waals surface area contributed by atoms with Gasteiger partial charge in [0, 0.05) is 6.42 Å². The summed E-state index contributed by atoms with van der Waals surface area (Å²) >= 11 is 0. The molecule has 122 valence electrons. The lowest BCUT2D eigenvalue weighted by atomic mass is 10.2. The van der Waals surface area contributed by atoms with Gasteiger partial charge < -0.3 is 5.32 Å². The molecular formula is C12H12F5N3O2. The van der Waals surface area contributed by atoms with Gasteiger partial charge in [-0.1, -0.05) is 6.92 Å². The molecule has 1 aromatic carbocycles. The molecule has 0 fully saturated rings. The molecule has 0 aromatic heterocycles. The molecule has 0 bridgehead atoms. The van der Waals surface area contributed by atoms with E-state index in [1.165, 1.54) is 0 Å². The summed E-state index contributed by atoms with van der Waals surface area (Å²) in [5.74, 6) is -12.2. The quantitative estimate of drug-likeness (QED) is 0.323. The highest BCUT2D eigenvalue weighted by molar-refractivity contribution is 5.85. The molecule has 0 radical (unpaired) electrons. The third-order valence-corrected chi connectivity index (χ3v) is 2.46. The zero-order valence-corrected chi connectivity index (χ0v) is 11.3. The minimum atomic E-state index is -2.31. The van der Waals surface area contributed by atoms with Crippen LogP contribution in [0.4, 0.5) is 27.6 Å². The molecule has 2 amide bonds. The summed E-state index contributed by atoms with van der Waals surface area (Å²) in [6.07, 6.45) is 0.731. The fourth-order valence-corrected chi connectivity index (χ4v) is 1.39. The molecule has 0 saturated carbocycles. The van der Waals surface area contributed by atoms with Crippen molar-refractivity contribution in [2.24, 2.45) is 0 Å². The normalized spacial score (nSPS) is 10.3. The third-order valence-electron chi connectivity index (χ3n) is 2.46. The molecule has 0 spiro atoms. The molecule has 3 N–H and O–H groups in total. The minimum Gasteiger partial charge on any atom is -0.347 e. The second kappa shape index (κ2) is 7.57.